The van der Waals surface area contributed by atoms with Crippen molar-refractivity contribution in [3.8, 4) is 5.75 Å². The molecule has 0 fully saturated rings. The lowest BCUT2D eigenvalue weighted by molar-refractivity contribution is -0.274. The Morgan fingerprint density at radius 3 is 2.43 bits per heavy atom. The number of hydrogen-bond donors (Lipinski definition) is 0. The topological polar surface area (TPSA) is 26.3 Å². The van der Waals surface area contributed by atoms with Crippen LogP contribution in [-0.2, 0) is 0 Å². The van der Waals surface area contributed by atoms with Crippen LogP contribution in [0.2, 0.25) is 5.02 Å². The second-order valence-electron chi connectivity index (χ2n) is 4.01. The van der Waals surface area contributed by atoms with Gasteiger partial charge in [-0.3, -0.25) is 4.79 Å². The van der Waals surface area contributed by atoms with Gasteiger partial charge in [0.25, 0.3) is 0 Å². The first kappa shape index (κ1) is 15.3. The van der Waals surface area contributed by atoms with E-state index in [9.17, 15) is 22.4 Å². The molecule has 0 atom stereocenters. The highest BCUT2D eigenvalue weighted by molar-refractivity contribution is 6.35. The van der Waals surface area contributed by atoms with Gasteiger partial charge < -0.3 is 4.74 Å². The van der Waals surface area contributed by atoms with Crippen molar-refractivity contribution in [1.29, 1.82) is 0 Å². The van der Waals surface area contributed by atoms with Crippen molar-refractivity contribution in [3.63, 3.8) is 0 Å². The smallest absolute Gasteiger partial charge is 0.406 e. The Kier molecular flexibility index (Phi) is 4.18. The summed E-state index contributed by atoms with van der Waals surface area (Å²) in [5.41, 5.74) is -0.231. The third-order valence-electron chi connectivity index (χ3n) is 2.53. The molecule has 0 amide bonds. The number of ether oxygens (including phenoxy) is 1. The van der Waals surface area contributed by atoms with Crippen LogP contribution in [0.3, 0.4) is 0 Å². The van der Waals surface area contributed by atoms with Gasteiger partial charge in [-0.25, -0.2) is 4.39 Å². The van der Waals surface area contributed by atoms with Crippen molar-refractivity contribution in [2.75, 3.05) is 0 Å². The molecule has 7 heteroatoms. The molecule has 2 aromatic rings. The van der Waals surface area contributed by atoms with E-state index >= 15 is 0 Å². The summed E-state index contributed by atoms with van der Waals surface area (Å²) >= 11 is 5.68. The van der Waals surface area contributed by atoms with Crippen LogP contribution in [0.5, 0.6) is 5.75 Å². The van der Waals surface area contributed by atoms with Gasteiger partial charge in [0.1, 0.15) is 11.6 Å². The Morgan fingerprint density at radius 1 is 1.10 bits per heavy atom. The summed E-state index contributed by atoms with van der Waals surface area (Å²) in [6, 6.07) is 8.11. The number of alkyl halides is 3. The summed E-state index contributed by atoms with van der Waals surface area (Å²) in [5.74, 6) is -2.03. The lowest BCUT2D eigenvalue weighted by Gasteiger charge is -2.10. The highest BCUT2D eigenvalue weighted by Gasteiger charge is 2.31. The molecular formula is C14H7ClF4O2. The van der Waals surface area contributed by atoms with Crippen LogP contribution in [0.4, 0.5) is 17.6 Å². The molecule has 2 aromatic carbocycles. The van der Waals surface area contributed by atoms with E-state index in [-0.39, 0.29) is 16.1 Å². The van der Waals surface area contributed by atoms with E-state index < -0.39 is 23.7 Å². The first-order chi connectivity index (χ1) is 9.78. The van der Waals surface area contributed by atoms with E-state index in [1.165, 1.54) is 24.3 Å². The van der Waals surface area contributed by atoms with Crippen LogP contribution in [0.25, 0.3) is 0 Å². The van der Waals surface area contributed by atoms with Gasteiger partial charge >= 0.3 is 6.36 Å². The third kappa shape index (κ3) is 3.72. The molecule has 0 saturated carbocycles. The van der Waals surface area contributed by atoms with E-state index in [0.717, 1.165) is 18.2 Å². The summed E-state index contributed by atoms with van der Waals surface area (Å²) in [6.45, 7) is 0. The predicted octanol–water partition coefficient (Wildman–Crippen LogP) is 4.61. The lowest BCUT2D eigenvalue weighted by Crippen LogP contribution is -2.17. The Bertz CT molecular complexity index is 683. The van der Waals surface area contributed by atoms with Crippen molar-refractivity contribution < 1.29 is 27.1 Å². The van der Waals surface area contributed by atoms with Crippen molar-refractivity contribution >= 4 is 17.4 Å². The largest absolute Gasteiger partial charge is 0.573 e. The van der Waals surface area contributed by atoms with Crippen molar-refractivity contribution in [2.45, 2.75) is 6.36 Å². The molecule has 2 rings (SSSR count). The highest BCUT2D eigenvalue weighted by Crippen LogP contribution is 2.26. The molecule has 110 valence electrons. The molecule has 21 heavy (non-hydrogen) atoms. The van der Waals surface area contributed by atoms with Gasteiger partial charge in [0.15, 0.2) is 5.78 Å². The maximum Gasteiger partial charge on any atom is 0.573 e. The number of rotatable bonds is 3. The summed E-state index contributed by atoms with van der Waals surface area (Å²) in [4.78, 5) is 12.1. The molecule has 0 N–H and O–H groups in total. The molecule has 0 spiro atoms. The average molecular weight is 319 g/mol. The molecular weight excluding hydrogens is 312 g/mol. The molecule has 0 aliphatic heterocycles. The normalized spacial score (nSPS) is 11.3. The van der Waals surface area contributed by atoms with Crippen LogP contribution in [0.1, 0.15) is 15.9 Å². The summed E-state index contributed by atoms with van der Waals surface area (Å²) in [7, 11) is 0. The summed E-state index contributed by atoms with van der Waals surface area (Å²) in [5, 5.41) is -0.385. The Hall–Kier alpha value is -2.08. The minimum absolute atomic E-state index is 0.0933. The second kappa shape index (κ2) is 5.73. The summed E-state index contributed by atoms with van der Waals surface area (Å²) < 4.78 is 53.4. The zero-order valence-electron chi connectivity index (χ0n) is 10.2. The van der Waals surface area contributed by atoms with Crippen LogP contribution in [-0.4, -0.2) is 12.1 Å². The SMILES string of the molecule is O=C(c1cccc(OC(F)(F)F)c1)c1cccc(F)c1Cl. The summed E-state index contributed by atoms with van der Waals surface area (Å²) in [6.07, 6.45) is -4.86. The monoisotopic (exact) mass is 318 g/mol. The Balaban J connectivity index is 2.36. The molecule has 0 bridgehead atoms. The number of hydrogen-bond acceptors (Lipinski definition) is 2. The first-order valence-electron chi connectivity index (χ1n) is 5.62. The number of ketones is 1. The Labute approximate surface area is 121 Å². The zero-order chi connectivity index (χ0) is 15.6. The first-order valence-corrected chi connectivity index (χ1v) is 6.00. The van der Waals surface area contributed by atoms with Gasteiger partial charge in [-0.1, -0.05) is 29.8 Å². The second-order valence-corrected chi connectivity index (χ2v) is 4.38. The maximum atomic E-state index is 13.3. The number of halogens is 5. The van der Waals surface area contributed by atoms with Crippen LogP contribution >= 0.6 is 11.6 Å². The van der Waals surface area contributed by atoms with Gasteiger partial charge in [0, 0.05) is 11.1 Å². The standard InChI is InChI=1S/C14H7ClF4O2/c15-12-10(5-2-6-11(12)16)13(20)8-3-1-4-9(7-8)21-14(17,18)19/h1-7H. The van der Waals surface area contributed by atoms with Crippen LogP contribution in [0.15, 0.2) is 42.5 Å². The van der Waals surface area contributed by atoms with E-state index in [1.54, 1.807) is 0 Å². The Morgan fingerprint density at radius 2 is 1.76 bits per heavy atom. The van der Waals surface area contributed by atoms with Gasteiger partial charge in [0.05, 0.1) is 5.02 Å². The van der Waals surface area contributed by atoms with Crippen LogP contribution in [0, 0.1) is 5.82 Å². The fourth-order valence-corrected chi connectivity index (χ4v) is 1.88. The highest BCUT2D eigenvalue weighted by atomic mass is 35.5. The molecule has 2 nitrogen and oxygen atoms in total. The van der Waals surface area contributed by atoms with E-state index in [4.69, 9.17) is 11.6 Å². The van der Waals surface area contributed by atoms with Crippen molar-refractivity contribution in [2.24, 2.45) is 0 Å². The molecule has 0 radical (unpaired) electrons. The minimum Gasteiger partial charge on any atom is -0.406 e. The van der Waals surface area contributed by atoms with Crippen LogP contribution < -0.4 is 4.74 Å². The minimum atomic E-state index is -4.86. The van der Waals surface area contributed by atoms with E-state index in [0.29, 0.717) is 0 Å². The zero-order valence-corrected chi connectivity index (χ0v) is 11.0. The van der Waals surface area contributed by atoms with Gasteiger partial charge in [-0.15, -0.1) is 13.2 Å². The quantitative estimate of drug-likeness (QED) is 0.610. The molecule has 0 unspecified atom stereocenters. The molecule has 0 aromatic heterocycles. The molecule has 0 aliphatic rings. The fraction of sp³-hybridized carbons (Fsp3) is 0.0714. The van der Waals surface area contributed by atoms with Gasteiger partial charge in [-0.2, -0.15) is 0 Å². The van der Waals surface area contributed by atoms with Gasteiger partial charge in [0.2, 0.25) is 0 Å². The third-order valence-corrected chi connectivity index (χ3v) is 2.91. The number of carbonyl (C=O) groups excluding carboxylic acids is 1. The maximum absolute atomic E-state index is 13.3. The van der Waals surface area contributed by atoms with E-state index in [1.807, 2.05) is 0 Å². The van der Waals surface area contributed by atoms with Crippen molar-refractivity contribution in [3.05, 3.63) is 64.4 Å². The van der Waals surface area contributed by atoms with Crippen molar-refractivity contribution in [1.82, 2.24) is 0 Å². The number of carbonyl (C=O) groups is 1. The molecule has 0 saturated heterocycles. The molecule has 0 aliphatic carbocycles. The molecule has 0 heterocycles. The lowest BCUT2D eigenvalue weighted by atomic mass is 10.0. The number of benzene rings is 2. The van der Waals surface area contributed by atoms with E-state index in [2.05, 4.69) is 4.74 Å². The van der Waals surface area contributed by atoms with Gasteiger partial charge in [-0.05, 0) is 24.3 Å². The average Bonchev–Trinajstić information content (AvgIpc) is 2.39. The predicted molar refractivity (Wildman–Crippen MR) is 68.0 cm³/mol. The fourth-order valence-electron chi connectivity index (χ4n) is 1.67.